The minimum atomic E-state index is -4.94. The largest absolute Gasteiger partial charge is 0.487 e. The van der Waals surface area contributed by atoms with Gasteiger partial charge in [0, 0.05) is 5.56 Å². The summed E-state index contributed by atoms with van der Waals surface area (Å²) in [5.74, 6) is -1.20. The Morgan fingerprint density at radius 3 is 2.37 bits per heavy atom. The van der Waals surface area contributed by atoms with Crippen molar-refractivity contribution >= 4 is 11.5 Å². The fraction of sp³-hybridized carbons (Fsp3) is 0.364. The van der Waals surface area contributed by atoms with Crippen LogP contribution in [0.3, 0.4) is 0 Å². The molecule has 0 fully saturated rings. The molecule has 0 aromatic heterocycles. The fourth-order valence-electron chi connectivity index (χ4n) is 1.48. The van der Waals surface area contributed by atoms with Gasteiger partial charge in [-0.15, -0.1) is 0 Å². The number of nitro benzene ring substituents is 1. The van der Waals surface area contributed by atoms with Gasteiger partial charge in [0.25, 0.3) is 0 Å². The predicted octanol–water partition coefficient (Wildman–Crippen LogP) is 3.21. The molecule has 19 heavy (non-hydrogen) atoms. The number of alkyl halides is 3. The minimum Gasteiger partial charge on any atom is -0.487 e. The third kappa shape index (κ3) is 3.21. The van der Waals surface area contributed by atoms with Crippen molar-refractivity contribution in [2.24, 2.45) is 0 Å². The van der Waals surface area contributed by atoms with E-state index in [1.807, 2.05) is 0 Å². The number of benzene rings is 1. The molecule has 0 aliphatic heterocycles. The minimum absolute atomic E-state index is 0.0561. The molecule has 0 saturated heterocycles. The molecule has 0 aliphatic rings. The molecule has 1 aromatic rings. The van der Waals surface area contributed by atoms with Gasteiger partial charge in [-0.05, 0) is 26.0 Å². The van der Waals surface area contributed by atoms with Crippen molar-refractivity contribution in [1.29, 1.82) is 0 Å². The predicted molar refractivity (Wildman–Crippen MR) is 59.3 cm³/mol. The van der Waals surface area contributed by atoms with Crippen LogP contribution >= 0.6 is 0 Å². The highest BCUT2D eigenvalue weighted by Crippen LogP contribution is 2.42. The summed E-state index contributed by atoms with van der Waals surface area (Å²) in [5, 5.41) is 10.8. The van der Waals surface area contributed by atoms with Gasteiger partial charge in [0.05, 0.1) is 11.5 Å². The Morgan fingerprint density at radius 2 is 2.00 bits per heavy atom. The van der Waals surface area contributed by atoms with Gasteiger partial charge in [-0.3, -0.25) is 14.9 Å². The second-order valence-electron chi connectivity index (χ2n) is 3.61. The first-order chi connectivity index (χ1) is 8.68. The molecule has 104 valence electrons. The summed E-state index contributed by atoms with van der Waals surface area (Å²) in [5.41, 5.74) is -2.96. The highest BCUT2D eigenvalue weighted by atomic mass is 19.4. The number of carbonyl (C=O) groups is 1. The van der Waals surface area contributed by atoms with Crippen molar-refractivity contribution in [2.45, 2.75) is 20.0 Å². The van der Waals surface area contributed by atoms with Gasteiger partial charge in [-0.25, -0.2) is 0 Å². The van der Waals surface area contributed by atoms with E-state index < -0.39 is 33.9 Å². The first-order valence-electron chi connectivity index (χ1n) is 5.21. The molecule has 0 amide bonds. The molecule has 1 rings (SSSR count). The first-order valence-corrected chi connectivity index (χ1v) is 5.21. The lowest BCUT2D eigenvalue weighted by Gasteiger charge is -2.12. The molecule has 0 aliphatic carbocycles. The number of hydrogen-bond donors (Lipinski definition) is 0. The highest BCUT2D eigenvalue weighted by Gasteiger charge is 2.41. The molecule has 8 heteroatoms. The van der Waals surface area contributed by atoms with Gasteiger partial charge in [0.15, 0.2) is 11.5 Å². The van der Waals surface area contributed by atoms with Crippen molar-refractivity contribution in [1.82, 2.24) is 0 Å². The van der Waals surface area contributed by atoms with Crippen LogP contribution in [-0.4, -0.2) is 17.3 Å². The summed E-state index contributed by atoms with van der Waals surface area (Å²) in [7, 11) is 0. The van der Waals surface area contributed by atoms with Crippen molar-refractivity contribution in [3.63, 3.8) is 0 Å². The first kappa shape index (κ1) is 14.9. The number of halogens is 3. The molecule has 0 atom stereocenters. The Kier molecular flexibility index (Phi) is 4.13. The lowest BCUT2D eigenvalue weighted by atomic mass is 10.0. The van der Waals surface area contributed by atoms with Crippen molar-refractivity contribution in [3.8, 4) is 5.75 Å². The number of Topliss-reactive ketones (excluding diaryl/α,β-unsaturated/α-hetero) is 1. The average Bonchev–Trinajstić information content (AvgIpc) is 2.26. The number of carbonyl (C=O) groups excluding carboxylic acids is 1. The van der Waals surface area contributed by atoms with E-state index in [0.717, 1.165) is 13.0 Å². The van der Waals surface area contributed by atoms with Crippen LogP contribution in [0.1, 0.15) is 29.8 Å². The summed E-state index contributed by atoms with van der Waals surface area (Å²) in [6.07, 6.45) is -4.94. The zero-order valence-electron chi connectivity index (χ0n) is 10.1. The molecule has 5 nitrogen and oxygen atoms in total. The van der Waals surface area contributed by atoms with Crippen LogP contribution < -0.4 is 4.74 Å². The topological polar surface area (TPSA) is 69.4 Å². The maximum atomic E-state index is 12.8. The van der Waals surface area contributed by atoms with Crippen molar-refractivity contribution in [3.05, 3.63) is 33.4 Å². The Bertz CT molecular complexity index is 525. The smallest absolute Gasteiger partial charge is 0.423 e. The van der Waals surface area contributed by atoms with Gasteiger partial charge in [0.2, 0.25) is 0 Å². The van der Waals surface area contributed by atoms with Gasteiger partial charge < -0.3 is 4.74 Å². The standard InChI is InChI=1S/C11H10F3NO4/c1-3-19-9-5-7(6(2)16)4-8(11(12,13)14)10(9)15(17)18/h4-5H,3H2,1-2H3. The summed E-state index contributed by atoms with van der Waals surface area (Å²) >= 11 is 0. The van der Waals surface area contributed by atoms with Crippen LogP contribution in [0.2, 0.25) is 0 Å². The zero-order valence-corrected chi connectivity index (χ0v) is 10.1. The molecular weight excluding hydrogens is 267 g/mol. The molecule has 0 N–H and O–H groups in total. The van der Waals surface area contributed by atoms with Crippen LogP contribution in [0.25, 0.3) is 0 Å². The van der Waals surface area contributed by atoms with Gasteiger partial charge >= 0.3 is 11.9 Å². The summed E-state index contributed by atoms with van der Waals surface area (Å²) in [6, 6.07) is 1.40. The normalized spacial score (nSPS) is 11.2. The van der Waals surface area contributed by atoms with E-state index in [2.05, 4.69) is 0 Å². The van der Waals surface area contributed by atoms with E-state index in [1.165, 1.54) is 6.92 Å². The number of nitrogens with zero attached hydrogens (tertiary/aromatic N) is 1. The van der Waals surface area contributed by atoms with Gasteiger partial charge in [0.1, 0.15) is 5.56 Å². The number of nitro groups is 1. The second-order valence-corrected chi connectivity index (χ2v) is 3.61. The summed E-state index contributed by atoms with van der Waals surface area (Å²) in [4.78, 5) is 20.8. The highest BCUT2D eigenvalue weighted by molar-refractivity contribution is 5.95. The Balaban J connectivity index is 3.65. The van der Waals surface area contributed by atoms with E-state index >= 15 is 0 Å². The number of ether oxygens (including phenoxy) is 1. The fourth-order valence-corrected chi connectivity index (χ4v) is 1.48. The van der Waals surface area contributed by atoms with Crippen molar-refractivity contribution < 1.29 is 27.6 Å². The van der Waals surface area contributed by atoms with E-state index in [9.17, 15) is 28.1 Å². The Morgan fingerprint density at radius 1 is 1.42 bits per heavy atom. The molecule has 0 spiro atoms. The molecule has 0 unspecified atom stereocenters. The van der Waals surface area contributed by atoms with Gasteiger partial charge in [-0.1, -0.05) is 0 Å². The van der Waals surface area contributed by atoms with E-state index in [4.69, 9.17) is 4.74 Å². The SMILES string of the molecule is CCOc1cc(C(C)=O)cc(C(F)(F)F)c1[N+](=O)[O-]. The maximum Gasteiger partial charge on any atom is 0.423 e. The van der Waals surface area contributed by atoms with E-state index in [1.54, 1.807) is 0 Å². The van der Waals surface area contributed by atoms with Crippen LogP contribution in [0.15, 0.2) is 12.1 Å². The Hall–Kier alpha value is -2.12. The van der Waals surface area contributed by atoms with Crippen LogP contribution in [0.4, 0.5) is 18.9 Å². The number of ketones is 1. The van der Waals surface area contributed by atoms with Crippen LogP contribution in [-0.2, 0) is 6.18 Å². The van der Waals surface area contributed by atoms with Crippen LogP contribution in [0, 0.1) is 10.1 Å². The number of rotatable bonds is 4. The van der Waals surface area contributed by atoms with E-state index in [-0.39, 0.29) is 12.2 Å². The molecule has 0 heterocycles. The lowest BCUT2D eigenvalue weighted by Crippen LogP contribution is -2.12. The van der Waals surface area contributed by atoms with E-state index in [0.29, 0.717) is 6.07 Å². The quantitative estimate of drug-likeness (QED) is 0.481. The zero-order chi connectivity index (χ0) is 14.8. The molecule has 0 saturated carbocycles. The summed E-state index contributed by atoms with van der Waals surface area (Å²) < 4.78 is 43.2. The molecular formula is C11H10F3NO4. The third-order valence-electron chi connectivity index (χ3n) is 2.27. The van der Waals surface area contributed by atoms with Gasteiger partial charge in [-0.2, -0.15) is 13.2 Å². The third-order valence-corrected chi connectivity index (χ3v) is 2.27. The monoisotopic (exact) mass is 277 g/mol. The van der Waals surface area contributed by atoms with Crippen molar-refractivity contribution in [2.75, 3.05) is 6.61 Å². The van der Waals surface area contributed by atoms with Crippen LogP contribution in [0.5, 0.6) is 5.75 Å². The maximum absolute atomic E-state index is 12.8. The second kappa shape index (κ2) is 5.25. The molecule has 1 aromatic carbocycles. The average molecular weight is 277 g/mol. The molecule has 0 bridgehead atoms. The number of hydrogen-bond acceptors (Lipinski definition) is 4. The Labute approximate surface area is 106 Å². The summed E-state index contributed by atoms with van der Waals surface area (Å²) in [6.45, 7) is 2.48. The molecule has 0 radical (unpaired) electrons. The lowest BCUT2D eigenvalue weighted by molar-refractivity contribution is -0.389.